The summed E-state index contributed by atoms with van der Waals surface area (Å²) in [7, 11) is 1.59. The van der Waals surface area contributed by atoms with E-state index in [9.17, 15) is 9.59 Å². The molecule has 0 saturated heterocycles. The number of nitrogens with zero attached hydrogens (tertiary/aromatic N) is 1. The molecule has 0 fully saturated rings. The van der Waals surface area contributed by atoms with Gasteiger partial charge in [0, 0.05) is 29.3 Å². The molecule has 25 heavy (non-hydrogen) atoms. The number of benzene rings is 2. The molecule has 5 heteroatoms. The Hall–Kier alpha value is -3.21. The number of hydrogen-bond acceptors (Lipinski definition) is 4. The Labute approximate surface area is 145 Å². The number of rotatable bonds is 5. The molecule has 1 N–H and O–H groups in total. The van der Waals surface area contributed by atoms with Gasteiger partial charge in [-0.15, -0.1) is 0 Å². The SMILES string of the molecule is COc1ccc(C(=O)c2cccc(Cc3ccn[nH]c3=O)c2C)cc1. The number of ether oxygens (including phenoxy) is 1. The van der Waals surface area contributed by atoms with Gasteiger partial charge in [0.2, 0.25) is 0 Å². The molecule has 0 unspecified atom stereocenters. The minimum atomic E-state index is -0.214. The molecule has 3 rings (SSSR count). The van der Waals surface area contributed by atoms with E-state index in [1.807, 2.05) is 25.1 Å². The quantitative estimate of drug-likeness (QED) is 0.728. The highest BCUT2D eigenvalue weighted by Crippen LogP contribution is 2.21. The molecule has 0 spiro atoms. The standard InChI is InChI=1S/C20H18N2O3/c1-13-15(12-16-10-11-21-22-20(16)24)4-3-5-18(13)19(23)14-6-8-17(25-2)9-7-14/h3-11H,12H2,1-2H3,(H,22,24). The molecule has 0 aliphatic carbocycles. The van der Waals surface area contributed by atoms with Gasteiger partial charge in [0.15, 0.2) is 5.78 Å². The fourth-order valence-electron chi connectivity index (χ4n) is 2.73. The summed E-state index contributed by atoms with van der Waals surface area (Å²) in [6.45, 7) is 1.90. The minimum Gasteiger partial charge on any atom is -0.497 e. The average Bonchev–Trinajstić information content (AvgIpc) is 2.65. The molecule has 0 aliphatic rings. The van der Waals surface area contributed by atoms with Crippen molar-refractivity contribution < 1.29 is 9.53 Å². The van der Waals surface area contributed by atoms with Crippen LogP contribution < -0.4 is 10.3 Å². The zero-order valence-corrected chi connectivity index (χ0v) is 14.1. The predicted octanol–water partition coefficient (Wildman–Crippen LogP) is 2.91. The minimum absolute atomic E-state index is 0.0503. The lowest BCUT2D eigenvalue weighted by molar-refractivity contribution is 0.103. The Bertz CT molecular complexity index is 959. The molecule has 1 aromatic heterocycles. The molecule has 0 saturated carbocycles. The summed E-state index contributed by atoms with van der Waals surface area (Å²) in [5.41, 5.74) is 3.45. The van der Waals surface area contributed by atoms with E-state index in [-0.39, 0.29) is 11.3 Å². The van der Waals surface area contributed by atoms with Gasteiger partial charge in [-0.25, -0.2) is 5.10 Å². The number of aromatic nitrogens is 2. The Morgan fingerprint density at radius 2 is 1.84 bits per heavy atom. The third-order valence-electron chi connectivity index (χ3n) is 4.23. The number of H-pyrrole nitrogens is 1. The van der Waals surface area contributed by atoms with Gasteiger partial charge < -0.3 is 4.74 Å². The number of ketones is 1. The van der Waals surface area contributed by atoms with Crippen LogP contribution >= 0.6 is 0 Å². The lowest BCUT2D eigenvalue weighted by Gasteiger charge is -2.11. The second-order valence-corrected chi connectivity index (χ2v) is 5.74. The molecule has 0 amide bonds. The van der Waals surface area contributed by atoms with Crippen LogP contribution in [0.3, 0.4) is 0 Å². The van der Waals surface area contributed by atoms with E-state index >= 15 is 0 Å². The third kappa shape index (κ3) is 3.50. The van der Waals surface area contributed by atoms with E-state index in [0.29, 0.717) is 28.9 Å². The second-order valence-electron chi connectivity index (χ2n) is 5.74. The Balaban J connectivity index is 1.93. The molecule has 3 aromatic rings. The first-order chi connectivity index (χ1) is 12.1. The molecule has 126 valence electrons. The van der Waals surface area contributed by atoms with E-state index in [0.717, 1.165) is 11.1 Å². The summed E-state index contributed by atoms with van der Waals surface area (Å²) >= 11 is 0. The zero-order chi connectivity index (χ0) is 17.8. The maximum Gasteiger partial charge on any atom is 0.267 e. The van der Waals surface area contributed by atoms with Crippen molar-refractivity contribution in [2.45, 2.75) is 13.3 Å². The van der Waals surface area contributed by atoms with E-state index in [1.165, 1.54) is 0 Å². The number of carbonyl (C=O) groups excluding carboxylic acids is 1. The van der Waals surface area contributed by atoms with Gasteiger partial charge in [-0.3, -0.25) is 9.59 Å². The summed E-state index contributed by atoms with van der Waals surface area (Å²) in [4.78, 5) is 24.7. The highest BCUT2D eigenvalue weighted by molar-refractivity contribution is 6.10. The van der Waals surface area contributed by atoms with E-state index < -0.39 is 0 Å². The largest absolute Gasteiger partial charge is 0.497 e. The molecule has 1 heterocycles. The molecule has 0 atom stereocenters. The first kappa shape index (κ1) is 16.6. The summed E-state index contributed by atoms with van der Waals surface area (Å²) in [6, 6.07) is 14.3. The fourth-order valence-corrected chi connectivity index (χ4v) is 2.73. The summed E-state index contributed by atoms with van der Waals surface area (Å²) in [5.74, 6) is 0.657. The number of aromatic amines is 1. The Morgan fingerprint density at radius 3 is 2.52 bits per heavy atom. The van der Waals surface area contributed by atoms with Crippen molar-refractivity contribution in [1.82, 2.24) is 10.2 Å². The van der Waals surface area contributed by atoms with Gasteiger partial charge in [-0.2, -0.15) is 5.10 Å². The highest BCUT2D eigenvalue weighted by atomic mass is 16.5. The van der Waals surface area contributed by atoms with Crippen molar-refractivity contribution >= 4 is 5.78 Å². The van der Waals surface area contributed by atoms with E-state index in [1.54, 1.807) is 43.6 Å². The van der Waals surface area contributed by atoms with Gasteiger partial charge in [-0.1, -0.05) is 18.2 Å². The van der Waals surface area contributed by atoms with Gasteiger partial charge in [0.05, 0.1) is 7.11 Å². The molecule has 0 radical (unpaired) electrons. The molecular weight excluding hydrogens is 316 g/mol. The van der Waals surface area contributed by atoms with Crippen LogP contribution in [0.5, 0.6) is 5.75 Å². The predicted molar refractivity (Wildman–Crippen MR) is 95.3 cm³/mol. The number of hydrogen-bond donors (Lipinski definition) is 1. The van der Waals surface area contributed by atoms with Gasteiger partial charge in [0.1, 0.15) is 5.75 Å². The van der Waals surface area contributed by atoms with E-state index in [4.69, 9.17) is 4.74 Å². The van der Waals surface area contributed by atoms with Crippen molar-refractivity contribution in [3.05, 3.63) is 92.9 Å². The topological polar surface area (TPSA) is 72.0 Å². The Kier molecular flexibility index (Phi) is 4.75. The lowest BCUT2D eigenvalue weighted by atomic mass is 9.93. The molecule has 2 aromatic carbocycles. The smallest absolute Gasteiger partial charge is 0.267 e. The number of methoxy groups -OCH3 is 1. The maximum atomic E-state index is 12.8. The fraction of sp³-hybridized carbons (Fsp3) is 0.150. The Morgan fingerprint density at radius 1 is 1.08 bits per heavy atom. The van der Waals surface area contributed by atoms with Gasteiger partial charge in [-0.05, 0) is 48.4 Å². The highest BCUT2D eigenvalue weighted by Gasteiger charge is 2.14. The van der Waals surface area contributed by atoms with Crippen LogP contribution in [0.2, 0.25) is 0 Å². The molecule has 0 bridgehead atoms. The zero-order valence-electron chi connectivity index (χ0n) is 14.1. The van der Waals surface area contributed by atoms with Crippen molar-refractivity contribution in [3.8, 4) is 5.75 Å². The third-order valence-corrected chi connectivity index (χ3v) is 4.23. The van der Waals surface area contributed by atoms with Crippen LogP contribution in [0, 0.1) is 6.92 Å². The monoisotopic (exact) mass is 334 g/mol. The van der Waals surface area contributed by atoms with E-state index in [2.05, 4.69) is 10.2 Å². The van der Waals surface area contributed by atoms with Crippen molar-refractivity contribution in [1.29, 1.82) is 0 Å². The molecular formula is C20H18N2O3. The van der Waals surface area contributed by atoms with Crippen molar-refractivity contribution in [2.24, 2.45) is 0 Å². The lowest BCUT2D eigenvalue weighted by Crippen LogP contribution is -2.14. The van der Waals surface area contributed by atoms with Crippen LogP contribution in [-0.4, -0.2) is 23.1 Å². The van der Waals surface area contributed by atoms with Crippen LogP contribution in [-0.2, 0) is 6.42 Å². The average molecular weight is 334 g/mol. The second kappa shape index (κ2) is 7.13. The summed E-state index contributed by atoms with van der Waals surface area (Å²) in [6.07, 6.45) is 2.01. The summed E-state index contributed by atoms with van der Waals surface area (Å²) < 4.78 is 5.13. The van der Waals surface area contributed by atoms with Crippen LogP contribution in [0.25, 0.3) is 0 Å². The van der Waals surface area contributed by atoms with Crippen LogP contribution in [0.1, 0.15) is 32.6 Å². The number of nitrogens with one attached hydrogen (secondary N) is 1. The van der Waals surface area contributed by atoms with Gasteiger partial charge >= 0.3 is 0 Å². The van der Waals surface area contributed by atoms with Crippen LogP contribution in [0.15, 0.2) is 59.5 Å². The van der Waals surface area contributed by atoms with Gasteiger partial charge in [0.25, 0.3) is 5.56 Å². The summed E-state index contributed by atoms with van der Waals surface area (Å²) in [5, 5.41) is 6.14. The molecule has 0 aliphatic heterocycles. The number of carbonyl (C=O) groups is 1. The normalized spacial score (nSPS) is 10.5. The van der Waals surface area contributed by atoms with Crippen molar-refractivity contribution in [3.63, 3.8) is 0 Å². The molecule has 5 nitrogen and oxygen atoms in total. The van der Waals surface area contributed by atoms with Crippen LogP contribution in [0.4, 0.5) is 0 Å². The first-order valence-corrected chi connectivity index (χ1v) is 7.90. The maximum absolute atomic E-state index is 12.8. The first-order valence-electron chi connectivity index (χ1n) is 7.90. The van der Waals surface area contributed by atoms with Crippen molar-refractivity contribution in [2.75, 3.05) is 7.11 Å².